The summed E-state index contributed by atoms with van der Waals surface area (Å²) in [6.45, 7) is 2.69. The smallest absolute Gasteiger partial charge is 0.266 e. The number of halogens is 1. The number of unbranched alkanes of at least 4 members (excludes halogenated alkanes) is 1. The molecular formula is C16H15FN4OS2. The number of hydrogen-bond acceptors (Lipinski definition) is 5. The second-order valence-corrected chi connectivity index (χ2v) is 6.91. The van der Waals surface area contributed by atoms with Gasteiger partial charge in [0.25, 0.3) is 5.91 Å². The Balaban J connectivity index is 1.83. The number of carbonyl (C=O) groups is 1. The van der Waals surface area contributed by atoms with Crippen LogP contribution < -0.4 is 0 Å². The first-order valence-corrected chi connectivity index (χ1v) is 8.72. The molecule has 1 aromatic heterocycles. The van der Waals surface area contributed by atoms with Gasteiger partial charge in [0.15, 0.2) is 0 Å². The van der Waals surface area contributed by atoms with E-state index in [-0.39, 0.29) is 5.91 Å². The van der Waals surface area contributed by atoms with Crippen LogP contribution in [0.1, 0.15) is 25.3 Å². The van der Waals surface area contributed by atoms with Crippen LogP contribution in [0.3, 0.4) is 0 Å². The van der Waals surface area contributed by atoms with Gasteiger partial charge in [0.2, 0.25) is 0 Å². The molecule has 1 fully saturated rings. The molecule has 1 amide bonds. The van der Waals surface area contributed by atoms with Gasteiger partial charge in [-0.05, 0) is 30.2 Å². The molecule has 2 heterocycles. The highest BCUT2D eigenvalue weighted by Crippen LogP contribution is 2.33. The largest absolute Gasteiger partial charge is 0.293 e. The van der Waals surface area contributed by atoms with Crippen molar-refractivity contribution in [1.82, 2.24) is 19.7 Å². The highest BCUT2D eigenvalue weighted by atomic mass is 32.2. The summed E-state index contributed by atoms with van der Waals surface area (Å²) < 4.78 is 16.2. The quantitative estimate of drug-likeness (QED) is 0.603. The van der Waals surface area contributed by atoms with Gasteiger partial charge in [0.1, 0.15) is 28.5 Å². The molecule has 0 radical (unpaired) electrons. The van der Waals surface area contributed by atoms with Crippen LogP contribution in [0.15, 0.2) is 35.8 Å². The molecule has 0 unspecified atom stereocenters. The van der Waals surface area contributed by atoms with Gasteiger partial charge >= 0.3 is 0 Å². The standard InChI is InChI=1S/C16H15FN4OS2/c1-2-3-6-20-15(22)14(24-16(20)23)8-11-4-5-13(12(17)7-11)21-10-18-9-19-21/h4-5,7-10H,2-3,6H2,1H3/b14-8-. The predicted octanol–water partition coefficient (Wildman–Crippen LogP) is 3.41. The zero-order valence-corrected chi connectivity index (χ0v) is 14.6. The zero-order valence-electron chi connectivity index (χ0n) is 13.0. The fraction of sp³-hybridized carbons (Fsp3) is 0.250. The third-order valence-corrected chi connectivity index (χ3v) is 4.92. The SMILES string of the molecule is CCCCN1C(=O)/C(=C/c2ccc(-n3cncn3)c(F)c2)SC1=S. The van der Waals surface area contributed by atoms with E-state index in [9.17, 15) is 9.18 Å². The summed E-state index contributed by atoms with van der Waals surface area (Å²) in [5, 5.41) is 3.91. The molecule has 1 aromatic carbocycles. The van der Waals surface area contributed by atoms with Gasteiger partial charge in [-0.25, -0.2) is 14.1 Å². The number of benzene rings is 1. The Labute approximate surface area is 148 Å². The van der Waals surface area contributed by atoms with Crippen LogP contribution in [0.4, 0.5) is 4.39 Å². The average Bonchev–Trinajstić information content (AvgIpc) is 3.16. The summed E-state index contributed by atoms with van der Waals surface area (Å²) in [5.74, 6) is -0.546. The van der Waals surface area contributed by atoms with Gasteiger partial charge in [0, 0.05) is 6.54 Å². The monoisotopic (exact) mass is 362 g/mol. The molecule has 24 heavy (non-hydrogen) atoms. The second kappa shape index (κ2) is 7.23. The third-order valence-electron chi connectivity index (χ3n) is 3.54. The first-order valence-electron chi connectivity index (χ1n) is 7.50. The lowest BCUT2D eigenvalue weighted by Gasteiger charge is -2.13. The summed E-state index contributed by atoms with van der Waals surface area (Å²) in [7, 11) is 0. The first kappa shape index (κ1) is 16.8. The van der Waals surface area contributed by atoms with Crippen LogP contribution in [-0.2, 0) is 4.79 Å². The predicted molar refractivity (Wildman–Crippen MR) is 96.1 cm³/mol. The Morgan fingerprint density at radius 1 is 1.42 bits per heavy atom. The van der Waals surface area contributed by atoms with Crippen LogP contribution >= 0.6 is 24.0 Å². The summed E-state index contributed by atoms with van der Waals surface area (Å²) in [6.07, 6.45) is 6.33. The van der Waals surface area contributed by atoms with Crippen molar-refractivity contribution in [1.29, 1.82) is 0 Å². The minimum Gasteiger partial charge on any atom is -0.293 e. The Kier molecular flexibility index (Phi) is 5.06. The molecule has 0 aliphatic carbocycles. The lowest BCUT2D eigenvalue weighted by Crippen LogP contribution is -2.28. The van der Waals surface area contributed by atoms with Crippen molar-refractivity contribution in [2.24, 2.45) is 0 Å². The molecular weight excluding hydrogens is 347 g/mol. The molecule has 0 bridgehead atoms. The van der Waals surface area contributed by atoms with Crippen molar-refractivity contribution in [2.75, 3.05) is 6.54 Å². The van der Waals surface area contributed by atoms with Crippen LogP contribution in [0, 0.1) is 5.82 Å². The van der Waals surface area contributed by atoms with Crippen molar-refractivity contribution in [2.45, 2.75) is 19.8 Å². The van der Waals surface area contributed by atoms with Crippen molar-refractivity contribution < 1.29 is 9.18 Å². The maximum atomic E-state index is 14.3. The Bertz CT molecular complexity index is 804. The van der Waals surface area contributed by atoms with Crippen molar-refractivity contribution in [3.8, 4) is 5.69 Å². The van der Waals surface area contributed by atoms with E-state index in [1.165, 1.54) is 35.2 Å². The Morgan fingerprint density at radius 2 is 2.25 bits per heavy atom. The minimum absolute atomic E-state index is 0.112. The van der Waals surface area contributed by atoms with Crippen LogP contribution in [0.5, 0.6) is 0 Å². The zero-order chi connectivity index (χ0) is 17.1. The van der Waals surface area contributed by atoms with Gasteiger partial charge in [-0.15, -0.1) is 0 Å². The first-order chi connectivity index (χ1) is 11.6. The summed E-state index contributed by atoms with van der Waals surface area (Å²) in [6, 6.07) is 4.71. The number of aromatic nitrogens is 3. The topological polar surface area (TPSA) is 51.0 Å². The van der Waals surface area contributed by atoms with E-state index in [1.807, 2.05) is 0 Å². The molecule has 1 aliphatic heterocycles. The molecule has 1 saturated heterocycles. The lowest BCUT2D eigenvalue weighted by molar-refractivity contribution is -0.122. The van der Waals surface area contributed by atoms with E-state index in [1.54, 1.807) is 23.1 Å². The molecule has 0 N–H and O–H groups in total. The molecule has 124 valence electrons. The molecule has 2 aromatic rings. The summed E-state index contributed by atoms with van der Waals surface area (Å²) in [4.78, 5) is 18.3. The Morgan fingerprint density at radius 3 is 2.92 bits per heavy atom. The van der Waals surface area contributed by atoms with E-state index in [2.05, 4.69) is 17.0 Å². The molecule has 0 saturated carbocycles. The van der Waals surface area contributed by atoms with Crippen LogP contribution in [-0.4, -0.2) is 36.4 Å². The van der Waals surface area contributed by atoms with Crippen molar-refractivity contribution in [3.05, 3.63) is 47.1 Å². The van der Waals surface area contributed by atoms with E-state index in [0.29, 0.717) is 27.0 Å². The number of nitrogens with zero attached hydrogens (tertiary/aromatic N) is 4. The summed E-state index contributed by atoms with van der Waals surface area (Å²) in [5.41, 5.74) is 0.910. The fourth-order valence-corrected chi connectivity index (χ4v) is 3.60. The van der Waals surface area contributed by atoms with Crippen LogP contribution in [0.2, 0.25) is 0 Å². The highest BCUT2D eigenvalue weighted by molar-refractivity contribution is 8.26. The lowest BCUT2D eigenvalue weighted by atomic mass is 10.1. The van der Waals surface area contributed by atoms with Gasteiger partial charge in [-0.3, -0.25) is 9.69 Å². The van der Waals surface area contributed by atoms with Crippen molar-refractivity contribution >= 4 is 40.3 Å². The molecule has 3 rings (SSSR count). The van der Waals surface area contributed by atoms with E-state index >= 15 is 0 Å². The number of thiocarbonyl (C=S) groups is 1. The van der Waals surface area contributed by atoms with Gasteiger partial charge < -0.3 is 0 Å². The number of thioether (sulfide) groups is 1. The molecule has 0 spiro atoms. The Hall–Kier alpha value is -2.06. The average molecular weight is 362 g/mol. The van der Waals surface area contributed by atoms with E-state index < -0.39 is 5.82 Å². The summed E-state index contributed by atoms with van der Waals surface area (Å²) >= 11 is 6.51. The van der Waals surface area contributed by atoms with E-state index in [0.717, 1.165) is 12.8 Å². The molecule has 8 heteroatoms. The maximum absolute atomic E-state index is 14.3. The molecule has 0 atom stereocenters. The maximum Gasteiger partial charge on any atom is 0.266 e. The normalized spacial score (nSPS) is 16.4. The second-order valence-electron chi connectivity index (χ2n) is 5.24. The highest BCUT2D eigenvalue weighted by Gasteiger charge is 2.31. The minimum atomic E-state index is -0.435. The van der Waals surface area contributed by atoms with Gasteiger partial charge in [-0.1, -0.05) is 43.4 Å². The fourth-order valence-electron chi connectivity index (χ4n) is 2.29. The number of hydrogen-bond donors (Lipinski definition) is 0. The third kappa shape index (κ3) is 3.39. The molecule has 5 nitrogen and oxygen atoms in total. The van der Waals surface area contributed by atoms with Gasteiger partial charge in [-0.2, -0.15) is 5.10 Å². The van der Waals surface area contributed by atoms with E-state index in [4.69, 9.17) is 12.2 Å². The van der Waals surface area contributed by atoms with Gasteiger partial charge in [0.05, 0.1) is 4.91 Å². The number of rotatable bonds is 5. The van der Waals surface area contributed by atoms with Crippen molar-refractivity contribution in [3.63, 3.8) is 0 Å². The molecule has 1 aliphatic rings. The number of carbonyl (C=O) groups excluding carboxylic acids is 1. The number of amides is 1. The van der Waals surface area contributed by atoms with Crippen LogP contribution in [0.25, 0.3) is 11.8 Å².